The summed E-state index contributed by atoms with van der Waals surface area (Å²) in [7, 11) is 0. The van der Waals surface area contributed by atoms with Crippen LogP contribution in [0.15, 0.2) is 39.7 Å². The molecule has 0 atom stereocenters. The summed E-state index contributed by atoms with van der Waals surface area (Å²) in [4.78, 5) is 13.2. The van der Waals surface area contributed by atoms with E-state index in [2.05, 4.69) is 15.9 Å². The van der Waals surface area contributed by atoms with Gasteiger partial charge in [-0.2, -0.15) is 0 Å². The molecule has 0 amide bonds. The predicted molar refractivity (Wildman–Crippen MR) is 76.1 cm³/mol. The Morgan fingerprint density at radius 1 is 1.39 bits per heavy atom. The van der Waals surface area contributed by atoms with Gasteiger partial charge in [-0.25, -0.2) is 0 Å². The molecule has 0 saturated carbocycles. The number of allylic oxidation sites excluding steroid dienone is 1. The minimum absolute atomic E-state index is 0.0189. The lowest BCUT2D eigenvalue weighted by molar-refractivity contribution is 0.104. The van der Waals surface area contributed by atoms with Gasteiger partial charge in [0.05, 0.1) is 0 Å². The van der Waals surface area contributed by atoms with E-state index in [0.717, 1.165) is 20.5 Å². The summed E-state index contributed by atoms with van der Waals surface area (Å²) < 4.78 is 1.02. The van der Waals surface area contributed by atoms with Crippen LogP contribution in [-0.4, -0.2) is 10.9 Å². The first-order valence-corrected chi connectivity index (χ1v) is 7.12. The largest absolute Gasteiger partial charge is 0.508 e. The highest BCUT2D eigenvalue weighted by molar-refractivity contribution is 9.10. The molecule has 1 aliphatic rings. The van der Waals surface area contributed by atoms with Gasteiger partial charge in [-0.05, 0) is 34.1 Å². The first-order valence-electron chi connectivity index (χ1n) is 5.45. The molecule has 1 aromatic carbocycles. The summed E-state index contributed by atoms with van der Waals surface area (Å²) in [5, 5.41) is 11.7. The number of halogens is 1. The SMILES string of the molecule is O=C1/C(=C\c2cc(Br)cs2)Cc2c(O)cccc21. The Bertz CT molecular complexity index is 670. The predicted octanol–water partition coefficient (Wildman–Crippen LogP) is 4.04. The fraction of sp³-hybridized carbons (Fsp3) is 0.0714. The van der Waals surface area contributed by atoms with Gasteiger partial charge in [0.15, 0.2) is 5.78 Å². The summed E-state index contributed by atoms with van der Waals surface area (Å²) in [6.07, 6.45) is 2.41. The number of Topliss-reactive ketones (excluding diaryl/α,β-unsaturated/α-hetero) is 1. The number of rotatable bonds is 1. The summed E-state index contributed by atoms with van der Waals surface area (Å²) >= 11 is 4.98. The third-order valence-corrected chi connectivity index (χ3v) is 4.60. The number of phenolic OH excluding ortho intramolecular Hbond substituents is 1. The van der Waals surface area contributed by atoms with E-state index >= 15 is 0 Å². The average Bonchev–Trinajstić information content (AvgIpc) is 2.88. The van der Waals surface area contributed by atoms with Crippen molar-refractivity contribution in [2.75, 3.05) is 0 Å². The van der Waals surface area contributed by atoms with Crippen molar-refractivity contribution in [3.63, 3.8) is 0 Å². The molecule has 0 aliphatic heterocycles. The Kier molecular flexibility index (Phi) is 2.84. The Morgan fingerprint density at radius 3 is 2.89 bits per heavy atom. The first kappa shape index (κ1) is 11.7. The molecule has 18 heavy (non-hydrogen) atoms. The molecule has 90 valence electrons. The highest BCUT2D eigenvalue weighted by Gasteiger charge is 2.26. The highest BCUT2D eigenvalue weighted by atomic mass is 79.9. The Balaban J connectivity index is 2.02. The molecule has 0 radical (unpaired) electrons. The van der Waals surface area contributed by atoms with Crippen LogP contribution in [0.3, 0.4) is 0 Å². The van der Waals surface area contributed by atoms with Gasteiger partial charge in [-0.3, -0.25) is 4.79 Å². The van der Waals surface area contributed by atoms with Crippen LogP contribution in [0.25, 0.3) is 6.08 Å². The number of carbonyl (C=O) groups excluding carboxylic acids is 1. The molecule has 2 nitrogen and oxygen atoms in total. The van der Waals surface area contributed by atoms with Gasteiger partial charge in [0, 0.05) is 37.9 Å². The van der Waals surface area contributed by atoms with Gasteiger partial charge in [0.1, 0.15) is 5.75 Å². The number of phenols is 1. The number of hydrogen-bond acceptors (Lipinski definition) is 3. The fourth-order valence-corrected chi connectivity index (χ4v) is 3.51. The van der Waals surface area contributed by atoms with Crippen molar-refractivity contribution < 1.29 is 9.90 Å². The molecule has 2 aromatic rings. The molecule has 0 fully saturated rings. The van der Waals surface area contributed by atoms with Crippen molar-refractivity contribution in [3.8, 4) is 5.75 Å². The number of hydrogen-bond donors (Lipinski definition) is 1. The lowest BCUT2D eigenvalue weighted by Gasteiger charge is -1.97. The number of thiophene rings is 1. The van der Waals surface area contributed by atoms with Crippen LogP contribution in [0, 0.1) is 0 Å². The van der Waals surface area contributed by atoms with Crippen LogP contribution in [0.2, 0.25) is 0 Å². The van der Waals surface area contributed by atoms with Gasteiger partial charge in [0.2, 0.25) is 0 Å². The Hall–Kier alpha value is -1.39. The van der Waals surface area contributed by atoms with Crippen LogP contribution in [-0.2, 0) is 6.42 Å². The number of ketones is 1. The van der Waals surface area contributed by atoms with E-state index in [0.29, 0.717) is 12.0 Å². The molecule has 1 aliphatic carbocycles. The van der Waals surface area contributed by atoms with E-state index < -0.39 is 0 Å². The number of fused-ring (bicyclic) bond motifs is 1. The smallest absolute Gasteiger partial charge is 0.189 e. The number of benzene rings is 1. The number of carbonyl (C=O) groups is 1. The zero-order valence-corrected chi connectivity index (χ0v) is 11.7. The second kappa shape index (κ2) is 4.37. The minimum atomic E-state index is 0.0189. The standard InChI is InChI=1S/C14H9BrO2S/c15-9-6-10(18-7-9)4-8-5-12-11(14(8)17)2-1-3-13(12)16/h1-4,6-7,16H,5H2/b8-4-. The molecular weight excluding hydrogens is 312 g/mol. The maximum absolute atomic E-state index is 12.2. The summed E-state index contributed by atoms with van der Waals surface area (Å²) in [5.41, 5.74) is 2.10. The van der Waals surface area contributed by atoms with Crippen molar-refractivity contribution in [2.24, 2.45) is 0 Å². The monoisotopic (exact) mass is 320 g/mol. The van der Waals surface area contributed by atoms with Gasteiger partial charge in [-0.15, -0.1) is 11.3 Å². The Morgan fingerprint density at radius 2 is 2.22 bits per heavy atom. The first-order chi connectivity index (χ1) is 8.65. The molecular formula is C14H9BrO2S. The van der Waals surface area contributed by atoms with Gasteiger partial charge in [-0.1, -0.05) is 12.1 Å². The van der Waals surface area contributed by atoms with Crippen molar-refractivity contribution in [1.29, 1.82) is 0 Å². The molecule has 0 spiro atoms. The maximum Gasteiger partial charge on any atom is 0.189 e. The van der Waals surface area contributed by atoms with E-state index in [1.165, 1.54) is 0 Å². The van der Waals surface area contributed by atoms with Crippen molar-refractivity contribution in [3.05, 3.63) is 55.7 Å². The molecule has 1 aromatic heterocycles. The average molecular weight is 321 g/mol. The number of aromatic hydroxyl groups is 1. The lowest BCUT2D eigenvalue weighted by atomic mass is 10.1. The van der Waals surface area contributed by atoms with Crippen LogP contribution in [0.5, 0.6) is 5.75 Å². The molecule has 1 heterocycles. The fourth-order valence-electron chi connectivity index (χ4n) is 2.11. The summed E-state index contributed by atoms with van der Waals surface area (Å²) in [6.45, 7) is 0. The van der Waals surface area contributed by atoms with E-state index in [1.54, 1.807) is 29.5 Å². The lowest BCUT2D eigenvalue weighted by Crippen LogP contribution is -1.94. The van der Waals surface area contributed by atoms with Gasteiger partial charge in [0.25, 0.3) is 0 Å². The highest BCUT2D eigenvalue weighted by Crippen LogP contribution is 2.34. The second-order valence-corrected chi connectivity index (χ2v) is 6.00. The zero-order valence-electron chi connectivity index (χ0n) is 9.31. The van der Waals surface area contributed by atoms with Crippen molar-refractivity contribution >= 4 is 39.1 Å². The molecule has 1 N–H and O–H groups in total. The van der Waals surface area contributed by atoms with Crippen LogP contribution in [0.1, 0.15) is 20.8 Å². The van der Waals surface area contributed by atoms with Gasteiger partial charge >= 0.3 is 0 Å². The third-order valence-electron chi connectivity index (χ3n) is 2.96. The normalized spacial score (nSPS) is 16.3. The molecule has 3 rings (SSSR count). The summed E-state index contributed by atoms with van der Waals surface area (Å²) in [5.74, 6) is 0.224. The van der Waals surface area contributed by atoms with Gasteiger partial charge < -0.3 is 5.11 Å². The maximum atomic E-state index is 12.2. The van der Waals surface area contributed by atoms with Crippen LogP contribution < -0.4 is 0 Å². The Labute approximate surface area is 117 Å². The van der Waals surface area contributed by atoms with E-state index in [1.807, 2.05) is 17.5 Å². The summed E-state index contributed by atoms with van der Waals surface area (Å²) in [6, 6.07) is 7.07. The molecule has 4 heteroatoms. The topological polar surface area (TPSA) is 37.3 Å². The van der Waals surface area contributed by atoms with Crippen LogP contribution in [0.4, 0.5) is 0 Å². The van der Waals surface area contributed by atoms with E-state index in [4.69, 9.17) is 0 Å². The third kappa shape index (κ3) is 1.91. The zero-order chi connectivity index (χ0) is 12.7. The molecule has 0 unspecified atom stereocenters. The van der Waals surface area contributed by atoms with E-state index in [-0.39, 0.29) is 11.5 Å². The molecule has 0 bridgehead atoms. The van der Waals surface area contributed by atoms with Crippen molar-refractivity contribution in [2.45, 2.75) is 6.42 Å². The molecule has 0 saturated heterocycles. The minimum Gasteiger partial charge on any atom is -0.508 e. The van der Waals surface area contributed by atoms with Crippen LogP contribution >= 0.6 is 27.3 Å². The quantitative estimate of drug-likeness (QED) is 0.805. The van der Waals surface area contributed by atoms with Crippen molar-refractivity contribution in [1.82, 2.24) is 0 Å². The van der Waals surface area contributed by atoms with E-state index in [9.17, 15) is 9.90 Å². The second-order valence-electron chi connectivity index (χ2n) is 4.15.